The molecule has 1 saturated heterocycles. The molecule has 1 unspecified atom stereocenters. The molecule has 1 aliphatic heterocycles. The molecule has 0 saturated carbocycles. The minimum Gasteiger partial charge on any atom is -0.387 e. The molecule has 0 aromatic heterocycles. The zero-order valence-corrected chi connectivity index (χ0v) is 16.5. The van der Waals surface area contributed by atoms with E-state index in [-0.39, 0.29) is 17.5 Å². The molecule has 5 atom stereocenters. The lowest BCUT2D eigenvalue weighted by molar-refractivity contribution is -0.145. The van der Waals surface area contributed by atoms with E-state index < -0.39 is 30.3 Å². The maximum Gasteiger partial charge on any atom is 0.277 e. The monoisotopic (exact) mass is 384 g/mol. The average Bonchev–Trinajstić information content (AvgIpc) is 2.81. The zero-order chi connectivity index (χ0) is 20.6. The van der Waals surface area contributed by atoms with E-state index in [1.54, 1.807) is 13.1 Å². The van der Waals surface area contributed by atoms with Gasteiger partial charge in [0.05, 0.1) is 0 Å². The maximum atomic E-state index is 12.4. The van der Waals surface area contributed by atoms with Crippen molar-refractivity contribution in [2.24, 2.45) is 10.9 Å². The summed E-state index contributed by atoms with van der Waals surface area (Å²) >= 11 is 0. The van der Waals surface area contributed by atoms with Crippen LogP contribution in [0, 0.1) is 5.92 Å². The molecule has 1 heterocycles. The normalized spacial score (nSPS) is 23.1. The molecule has 0 spiro atoms. The van der Waals surface area contributed by atoms with Gasteiger partial charge < -0.3 is 25.0 Å². The van der Waals surface area contributed by atoms with Crippen LogP contribution in [-0.2, 0) is 14.3 Å². The standard InChI is InChI=1S/C19H32N2O6/c1-5-12(2)9-10-14(22)15(23)16(24)17(27-4)18(25)20-13-8-6-7-11-21(3)19(13)26/h9-10,12,14-17,22-24H,5-8,11H2,1-4H3/b10-9+,20-13?/t12?,14-,15+,16-,17-/m1/s1. The largest absolute Gasteiger partial charge is 0.387 e. The Hall–Kier alpha value is -1.61. The molecule has 0 bridgehead atoms. The van der Waals surface area contributed by atoms with Gasteiger partial charge in [0, 0.05) is 20.7 Å². The van der Waals surface area contributed by atoms with E-state index in [0.29, 0.717) is 13.0 Å². The number of ether oxygens (including phenoxy) is 1. The lowest BCUT2D eigenvalue weighted by atomic mass is 10.00. The van der Waals surface area contributed by atoms with Crippen molar-refractivity contribution in [1.82, 2.24) is 4.90 Å². The van der Waals surface area contributed by atoms with Gasteiger partial charge in [0.2, 0.25) is 0 Å². The third kappa shape index (κ3) is 6.80. The third-order valence-corrected chi connectivity index (χ3v) is 4.78. The summed E-state index contributed by atoms with van der Waals surface area (Å²) in [6.45, 7) is 4.53. The smallest absolute Gasteiger partial charge is 0.277 e. The van der Waals surface area contributed by atoms with E-state index in [2.05, 4.69) is 4.99 Å². The third-order valence-electron chi connectivity index (χ3n) is 4.78. The second-order valence-electron chi connectivity index (χ2n) is 6.98. The number of amides is 2. The van der Waals surface area contributed by atoms with Gasteiger partial charge in [-0.3, -0.25) is 9.59 Å². The van der Waals surface area contributed by atoms with Crippen molar-refractivity contribution in [2.45, 2.75) is 63.9 Å². The van der Waals surface area contributed by atoms with Crippen LogP contribution in [0.2, 0.25) is 0 Å². The van der Waals surface area contributed by atoms with E-state index in [9.17, 15) is 24.9 Å². The lowest BCUT2D eigenvalue weighted by Crippen LogP contribution is -2.48. The Labute approximate surface area is 160 Å². The number of carbonyl (C=O) groups excluding carboxylic acids is 2. The van der Waals surface area contributed by atoms with Crippen molar-refractivity contribution in [3.63, 3.8) is 0 Å². The van der Waals surface area contributed by atoms with E-state index in [1.807, 2.05) is 13.8 Å². The number of carbonyl (C=O) groups is 2. The first-order chi connectivity index (χ1) is 12.7. The maximum absolute atomic E-state index is 12.4. The van der Waals surface area contributed by atoms with Gasteiger partial charge in [-0.1, -0.05) is 32.4 Å². The highest BCUT2D eigenvalue weighted by Crippen LogP contribution is 2.14. The van der Waals surface area contributed by atoms with Crippen molar-refractivity contribution >= 4 is 17.5 Å². The molecule has 27 heavy (non-hydrogen) atoms. The number of nitrogens with zero attached hydrogens (tertiary/aromatic N) is 2. The van der Waals surface area contributed by atoms with Crippen LogP contribution in [0.4, 0.5) is 0 Å². The van der Waals surface area contributed by atoms with Crippen LogP contribution in [0.15, 0.2) is 17.1 Å². The minimum atomic E-state index is -1.69. The van der Waals surface area contributed by atoms with Crippen LogP contribution in [-0.4, -0.2) is 82.9 Å². The highest BCUT2D eigenvalue weighted by Gasteiger charge is 2.36. The van der Waals surface area contributed by atoms with Crippen LogP contribution in [0.3, 0.4) is 0 Å². The van der Waals surface area contributed by atoms with Gasteiger partial charge in [-0.15, -0.1) is 0 Å². The van der Waals surface area contributed by atoms with Gasteiger partial charge in [-0.25, -0.2) is 4.99 Å². The topological polar surface area (TPSA) is 120 Å². The van der Waals surface area contributed by atoms with E-state index >= 15 is 0 Å². The number of aliphatic hydroxyl groups is 3. The summed E-state index contributed by atoms with van der Waals surface area (Å²) in [5.74, 6) is -0.989. The van der Waals surface area contributed by atoms with Crippen LogP contribution in [0.25, 0.3) is 0 Å². The number of methoxy groups -OCH3 is 1. The van der Waals surface area contributed by atoms with Gasteiger partial charge >= 0.3 is 0 Å². The molecule has 1 aliphatic rings. The summed E-state index contributed by atoms with van der Waals surface area (Å²) in [5, 5.41) is 30.5. The first-order valence-corrected chi connectivity index (χ1v) is 9.35. The van der Waals surface area contributed by atoms with Crippen molar-refractivity contribution in [2.75, 3.05) is 20.7 Å². The number of allylic oxidation sites excluding steroid dienone is 1. The van der Waals surface area contributed by atoms with E-state index in [1.165, 1.54) is 18.1 Å². The fourth-order valence-electron chi connectivity index (χ4n) is 2.69. The lowest BCUT2D eigenvalue weighted by Gasteiger charge is -2.26. The second kappa shape index (κ2) is 11.3. The van der Waals surface area contributed by atoms with Gasteiger partial charge in [0.25, 0.3) is 11.8 Å². The fraction of sp³-hybridized carbons (Fsp3) is 0.737. The summed E-state index contributed by atoms with van der Waals surface area (Å²) < 4.78 is 5.00. The Morgan fingerprint density at radius 3 is 2.52 bits per heavy atom. The quantitative estimate of drug-likeness (QED) is 0.518. The molecule has 1 fully saturated rings. The number of aliphatic imine (C=N–C) groups is 1. The molecular formula is C19H32N2O6. The molecule has 2 amide bonds. The number of hydrogen-bond donors (Lipinski definition) is 3. The zero-order valence-electron chi connectivity index (χ0n) is 16.5. The van der Waals surface area contributed by atoms with E-state index in [0.717, 1.165) is 19.3 Å². The molecule has 8 heteroatoms. The summed E-state index contributed by atoms with van der Waals surface area (Å²) in [6, 6.07) is 0. The molecule has 3 N–H and O–H groups in total. The van der Waals surface area contributed by atoms with Crippen LogP contribution < -0.4 is 0 Å². The van der Waals surface area contributed by atoms with Gasteiger partial charge in [0.1, 0.15) is 24.0 Å². The Morgan fingerprint density at radius 2 is 1.93 bits per heavy atom. The second-order valence-corrected chi connectivity index (χ2v) is 6.98. The summed E-state index contributed by atoms with van der Waals surface area (Å²) in [7, 11) is 2.83. The number of likely N-dealkylation sites (tertiary alicyclic amines) is 1. The van der Waals surface area contributed by atoms with Gasteiger partial charge in [-0.05, 0) is 25.2 Å². The molecule has 1 rings (SSSR count). The Balaban J connectivity index is 2.88. The first-order valence-electron chi connectivity index (χ1n) is 9.35. The Morgan fingerprint density at radius 1 is 1.26 bits per heavy atom. The highest BCUT2D eigenvalue weighted by molar-refractivity contribution is 6.40. The predicted octanol–water partition coefficient (Wildman–Crippen LogP) is 0.296. The van der Waals surface area contributed by atoms with Crippen LogP contribution in [0.5, 0.6) is 0 Å². The molecule has 8 nitrogen and oxygen atoms in total. The molecular weight excluding hydrogens is 352 g/mol. The number of hydrogen-bond acceptors (Lipinski definition) is 6. The molecule has 0 aromatic carbocycles. The van der Waals surface area contributed by atoms with Crippen molar-refractivity contribution in [3.05, 3.63) is 12.2 Å². The van der Waals surface area contributed by atoms with Crippen LogP contribution >= 0.6 is 0 Å². The molecule has 0 aliphatic carbocycles. The van der Waals surface area contributed by atoms with Crippen molar-refractivity contribution in [3.8, 4) is 0 Å². The van der Waals surface area contributed by atoms with E-state index in [4.69, 9.17) is 4.74 Å². The SMILES string of the molecule is CCC(C)/C=C/[C@@H](O)[C@H](O)[C@@H](O)[C@@H](OC)C(=O)N=C1CCCCN(C)C1=O. The van der Waals surface area contributed by atoms with Crippen molar-refractivity contribution in [1.29, 1.82) is 0 Å². The number of rotatable bonds is 8. The van der Waals surface area contributed by atoms with Gasteiger partial charge in [0.15, 0.2) is 6.10 Å². The fourth-order valence-corrected chi connectivity index (χ4v) is 2.69. The molecule has 154 valence electrons. The first kappa shape index (κ1) is 23.4. The Bertz CT molecular complexity index is 562. The van der Waals surface area contributed by atoms with Gasteiger partial charge in [-0.2, -0.15) is 0 Å². The number of aliphatic hydroxyl groups excluding tert-OH is 3. The predicted molar refractivity (Wildman–Crippen MR) is 101 cm³/mol. The molecule has 0 radical (unpaired) electrons. The highest BCUT2D eigenvalue weighted by atomic mass is 16.5. The van der Waals surface area contributed by atoms with Crippen LogP contribution in [0.1, 0.15) is 39.5 Å². The molecule has 0 aromatic rings. The van der Waals surface area contributed by atoms with Crippen molar-refractivity contribution < 1.29 is 29.6 Å². The minimum absolute atomic E-state index is 0.112. The summed E-state index contributed by atoms with van der Waals surface area (Å²) in [6.07, 6.45) is -0.291. The Kier molecular flexibility index (Phi) is 9.79. The summed E-state index contributed by atoms with van der Waals surface area (Å²) in [4.78, 5) is 30.0. The average molecular weight is 384 g/mol. The summed E-state index contributed by atoms with van der Waals surface area (Å²) in [5.41, 5.74) is 0.112.